The van der Waals surface area contributed by atoms with Crippen molar-refractivity contribution in [3.63, 3.8) is 0 Å². The highest BCUT2D eigenvalue weighted by molar-refractivity contribution is 5.09. The van der Waals surface area contributed by atoms with E-state index in [1.165, 1.54) is 32.1 Å². The molecule has 4 bridgehead atoms. The van der Waals surface area contributed by atoms with Gasteiger partial charge in [0.2, 0.25) is 5.95 Å². The molecule has 4 heteroatoms. The van der Waals surface area contributed by atoms with E-state index >= 15 is 0 Å². The second-order valence-corrected chi connectivity index (χ2v) is 6.42. The number of hydrogen-bond donors (Lipinski definition) is 1. The van der Waals surface area contributed by atoms with E-state index in [0.29, 0.717) is 5.95 Å². The smallest absolute Gasteiger partial charge is 0.239 e. The van der Waals surface area contributed by atoms with Crippen LogP contribution >= 0.6 is 0 Å². The molecule has 4 aliphatic rings. The fraction of sp³-hybridized carbons (Fsp3) is 0.846. The van der Waals surface area contributed by atoms with Gasteiger partial charge in [0.1, 0.15) is 6.33 Å². The lowest BCUT2D eigenvalue weighted by Crippen LogP contribution is -2.46. The summed E-state index contributed by atoms with van der Waals surface area (Å²) in [5.41, 5.74) is 5.59. The number of nitrogens with zero attached hydrogens (tertiary/aromatic N) is 3. The molecule has 4 fully saturated rings. The minimum absolute atomic E-state index is 0.411. The molecule has 0 saturated heterocycles. The Balaban J connectivity index is 1.54. The Labute approximate surface area is 102 Å². The van der Waals surface area contributed by atoms with Gasteiger partial charge >= 0.3 is 0 Å². The molecule has 0 atom stereocenters. The first-order chi connectivity index (χ1) is 8.28. The average molecular weight is 232 g/mol. The minimum Gasteiger partial charge on any atom is -0.367 e. The first-order valence-electron chi connectivity index (χ1n) is 6.93. The highest BCUT2D eigenvalue weighted by Crippen LogP contribution is 2.56. The van der Waals surface area contributed by atoms with Crippen molar-refractivity contribution >= 4 is 5.95 Å². The van der Waals surface area contributed by atoms with Crippen molar-refractivity contribution in [2.24, 2.45) is 29.6 Å². The fourth-order valence-electron chi connectivity index (χ4n) is 4.95. The molecule has 0 spiro atoms. The highest BCUT2D eigenvalue weighted by Gasteiger charge is 2.48. The third-order valence-electron chi connectivity index (χ3n) is 5.37. The van der Waals surface area contributed by atoms with E-state index in [4.69, 9.17) is 5.73 Å². The van der Waals surface area contributed by atoms with Crippen molar-refractivity contribution in [1.29, 1.82) is 0 Å². The number of hydrogen-bond acceptors (Lipinski definition) is 3. The van der Waals surface area contributed by atoms with Crippen LogP contribution in [0.4, 0.5) is 5.95 Å². The zero-order valence-electron chi connectivity index (χ0n) is 10.1. The van der Waals surface area contributed by atoms with Crippen molar-refractivity contribution in [3.8, 4) is 0 Å². The molecule has 92 valence electrons. The van der Waals surface area contributed by atoms with Gasteiger partial charge in [-0.05, 0) is 61.7 Å². The summed E-state index contributed by atoms with van der Waals surface area (Å²) in [6.07, 6.45) is 9.21. The Kier molecular flexibility index (Phi) is 2.02. The van der Waals surface area contributed by atoms with Crippen molar-refractivity contribution in [2.45, 2.75) is 38.6 Å². The quantitative estimate of drug-likeness (QED) is 0.847. The van der Waals surface area contributed by atoms with E-state index in [9.17, 15) is 0 Å². The second kappa shape index (κ2) is 3.47. The highest BCUT2D eigenvalue weighted by atomic mass is 15.4. The number of nitrogen functional groups attached to an aromatic ring is 1. The largest absolute Gasteiger partial charge is 0.367 e. The lowest BCUT2D eigenvalue weighted by molar-refractivity contribution is -0.0442. The van der Waals surface area contributed by atoms with E-state index in [1.807, 2.05) is 4.68 Å². The third kappa shape index (κ3) is 1.57. The first-order valence-corrected chi connectivity index (χ1v) is 6.93. The van der Waals surface area contributed by atoms with Crippen LogP contribution in [-0.2, 0) is 6.54 Å². The number of rotatable bonds is 2. The molecule has 4 aliphatic carbocycles. The molecule has 4 saturated carbocycles. The summed E-state index contributed by atoms with van der Waals surface area (Å²) in [7, 11) is 0. The van der Waals surface area contributed by atoms with Crippen LogP contribution in [0.25, 0.3) is 0 Å². The van der Waals surface area contributed by atoms with E-state index in [0.717, 1.165) is 36.1 Å². The number of nitrogens with two attached hydrogens (primary N) is 1. The van der Waals surface area contributed by atoms with Gasteiger partial charge in [0.05, 0.1) is 0 Å². The van der Waals surface area contributed by atoms with Gasteiger partial charge in [-0.1, -0.05) is 0 Å². The number of anilines is 1. The van der Waals surface area contributed by atoms with Crippen LogP contribution in [-0.4, -0.2) is 14.8 Å². The lowest BCUT2D eigenvalue weighted by Gasteiger charge is -2.54. The third-order valence-corrected chi connectivity index (χ3v) is 5.37. The summed E-state index contributed by atoms with van der Waals surface area (Å²) in [5.74, 6) is 5.26. The first kappa shape index (κ1) is 9.92. The molecule has 0 aliphatic heterocycles. The molecular weight excluding hydrogens is 212 g/mol. The Hall–Kier alpha value is -1.06. The molecule has 2 N–H and O–H groups in total. The lowest BCUT2D eigenvalue weighted by atomic mass is 9.52. The Morgan fingerprint density at radius 1 is 1.12 bits per heavy atom. The van der Waals surface area contributed by atoms with Gasteiger partial charge in [0.15, 0.2) is 0 Å². The van der Waals surface area contributed by atoms with Crippen LogP contribution < -0.4 is 5.73 Å². The minimum atomic E-state index is 0.411. The Bertz CT molecular complexity index is 397. The Morgan fingerprint density at radius 2 is 1.76 bits per heavy atom. The van der Waals surface area contributed by atoms with Crippen LogP contribution in [0.2, 0.25) is 0 Å². The molecule has 4 nitrogen and oxygen atoms in total. The predicted octanol–water partition coefficient (Wildman–Crippen LogP) is 1.93. The summed E-state index contributed by atoms with van der Waals surface area (Å²) in [6, 6.07) is 0. The molecule has 0 unspecified atom stereocenters. The van der Waals surface area contributed by atoms with Crippen molar-refractivity contribution < 1.29 is 0 Å². The van der Waals surface area contributed by atoms with Crippen molar-refractivity contribution in [1.82, 2.24) is 14.8 Å². The topological polar surface area (TPSA) is 56.7 Å². The normalized spacial score (nSPS) is 43.2. The van der Waals surface area contributed by atoms with Gasteiger partial charge in [-0.25, -0.2) is 4.98 Å². The molecule has 0 radical (unpaired) electrons. The van der Waals surface area contributed by atoms with E-state index < -0.39 is 0 Å². The predicted molar refractivity (Wildman–Crippen MR) is 65.0 cm³/mol. The summed E-state index contributed by atoms with van der Waals surface area (Å²) < 4.78 is 1.96. The molecule has 0 amide bonds. The van der Waals surface area contributed by atoms with Gasteiger partial charge in [0.25, 0.3) is 0 Å². The zero-order valence-corrected chi connectivity index (χ0v) is 10.1. The molecule has 5 rings (SSSR count). The summed E-state index contributed by atoms with van der Waals surface area (Å²) >= 11 is 0. The monoisotopic (exact) mass is 232 g/mol. The van der Waals surface area contributed by atoms with Gasteiger partial charge in [-0.2, -0.15) is 0 Å². The van der Waals surface area contributed by atoms with Crippen LogP contribution in [0.3, 0.4) is 0 Å². The van der Waals surface area contributed by atoms with Gasteiger partial charge in [-0.15, -0.1) is 5.10 Å². The van der Waals surface area contributed by atoms with E-state index in [-0.39, 0.29) is 0 Å². The zero-order chi connectivity index (χ0) is 11.4. The van der Waals surface area contributed by atoms with Gasteiger partial charge in [-0.3, -0.25) is 4.68 Å². The maximum Gasteiger partial charge on any atom is 0.239 e. The van der Waals surface area contributed by atoms with Gasteiger partial charge in [0, 0.05) is 6.54 Å². The molecule has 1 aromatic rings. The van der Waals surface area contributed by atoms with E-state index in [1.54, 1.807) is 6.33 Å². The fourth-order valence-corrected chi connectivity index (χ4v) is 4.95. The summed E-state index contributed by atoms with van der Waals surface area (Å²) in [5, 5.41) is 4.25. The summed E-state index contributed by atoms with van der Waals surface area (Å²) in [4.78, 5) is 4.03. The van der Waals surface area contributed by atoms with Crippen LogP contribution in [0.5, 0.6) is 0 Å². The maximum atomic E-state index is 5.59. The maximum absolute atomic E-state index is 5.59. The molecule has 17 heavy (non-hydrogen) atoms. The molecule has 1 heterocycles. The van der Waals surface area contributed by atoms with Crippen molar-refractivity contribution in [2.75, 3.05) is 5.73 Å². The van der Waals surface area contributed by atoms with E-state index in [2.05, 4.69) is 10.1 Å². The van der Waals surface area contributed by atoms with Crippen LogP contribution in [0.1, 0.15) is 32.1 Å². The summed E-state index contributed by atoms with van der Waals surface area (Å²) in [6.45, 7) is 1.04. The van der Waals surface area contributed by atoms with Crippen molar-refractivity contribution in [3.05, 3.63) is 6.33 Å². The molecule has 1 aromatic heterocycles. The van der Waals surface area contributed by atoms with Crippen LogP contribution in [0.15, 0.2) is 6.33 Å². The van der Waals surface area contributed by atoms with Crippen LogP contribution in [0, 0.1) is 29.6 Å². The Morgan fingerprint density at radius 3 is 2.29 bits per heavy atom. The number of aromatic nitrogens is 3. The van der Waals surface area contributed by atoms with Gasteiger partial charge < -0.3 is 5.73 Å². The second-order valence-electron chi connectivity index (χ2n) is 6.42. The standard InChI is InChI=1S/C13H20N4/c14-13-15-7-17(16-13)6-12-10-2-8-1-9(4-10)5-11(12)3-8/h7-12H,1-6H2,(H2,14,16). The SMILES string of the molecule is Nc1ncn(CC2C3CC4CC(C3)CC2C4)n1. The molecule has 0 aromatic carbocycles. The molecular formula is C13H20N4. The average Bonchev–Trinajstić information content (AvgIpc) is 2.68.